The second-order valence-corrected chi connectivity index (χ2v) is 4.27. The van der Waals surface area contributed by atoms with Crippen LogP contribution in [0.4, 0.5) is 5.69 Å². The topological polar surface area (TPSA) is 65.2 Å². The zero-order valence-corrected chi connectivity index (χ0v) is 9.94. The first kappa shape index (κ1) is 11.6. The largest absolute Gasteiger partial charge is 0.461 e. The first-order valence-corrected chi connectivity index (χ1v) is 6.10. The molecule has 0 atom stereocenters. The minimum atomic E-state index is -0.416. The molecule has 0 radical (unpaired) electrons. The Morgan fingerprint density at radius 1 is 1.41 bits per heavy atom. The number of nitrogens with zero attached hydrogens (tertiary/aromatic N) is 1. The van der Waals surface area contributed by atoms with Gasteiger partial charge in [0.15, 0.2) is 0 Å². The Morgan fingerprint density at radius 3 is 2.94 bits per heavy atom. The molecule has 0 saturated heterocycles. The molecule has 0 bridgehead atoms. The lowest BCUT2D eigenvalue weighted by atomic mass is 10.2. The zero-order valence-electron chi connectivity index (χ0n) is 9.13. The van der Waals surface area contributed by atoms with Gasteiger partial charge in [0.25, 0.3) is 0 Å². The molecule has 0 spiro atoms. The van der Waals surface area contributed by atoms with Crippen LogP contribution in [-0.2, 0) is 11.2 Å². The van der Waals surface area contributed by atoms with Gasteiger partial charge in [-0.05, 0) is 34.5 Å². The molecule has 2 aromatic heterocycles. The average molecular weight is 248 g/mol. The van der Waals surface area contributed by atoms with Crippen molar-refractivity contribution in [3.05, 3.63) is 46.4 Å². The van der Waals surface area contributed by atoms with E-state index in [1.54, 1.807) is 23.5 Å². The van der Waals surface area contributed by atoms with Crippen molar-refractivity contribution in [3.8, 4) is 0 Å². The van der Waals surface area contributed by atoms with Crippen LogP contribution in [0, 0.1) is 0 Å². The van der Waals surface area contributed by atoms with Gasteiger partial charge in [0, 0.05) is 6.42 Å². The Balaban J connectivity index is 1.83. The van der Waals surface area contributed by atoms with Crippen LogP contribution in [0.5, 0.6) is 0 Å². The number of nitrogens with two attached hydrogens (primary N) is 1. The van der Waals surface area contributed by atoms with Crippen molar-refractivity contribution in [2.24, 2.45) is 0 Å². The number of anilines is 1. The Bertz CT molecular complexity index is 480. The van der Waals surface area contributed by atoms with E-state index in [-0.39, 0.29) is 5.69 Å². The molecule has 0 unspecified atom stereocenters. The second-order valence-electron chi connectivity index (χ2n) is 3.49. The van der Waals surface area contributed by atoms with E-state index < -0.39 is 5.97 Å². The molecule has 0 aliphatic carbocycles. The third-order valence-corrected chi connectivity index (χ3v) is 2.93. The highest BCUT2D eigenvalue weighted by Crippen LogP contribution is 2.07. The van der Waals surface area contributed by atoms with Crippen LogP contribution >= 0.6 is 11.3 Å². The van der Waals surface area contributed by atoms with Crippen molar-refractivity contribution in [3.63, 3.8) is 0 Å². The Labute approximate surface area is 103 Å². The van der Waals surface area contributed by atoms with Gasteiger partial charge in [0.2, 0.25) is 0 Å². The minimum absolute atomic E-state index is 0.282. The first-order valence-electron chi connectivity index (χ1n) is 5.15. The number of aromatic nitrogens is 1. The summed E-state index contributed by atoms with van der Waals surface area (Å²) in [7, 11) is 0. The van der Waals surface area contributed by atoms with Crippen LogP contribution < -0.4 is 5.73 Å². The molecule has 88 valence electrons. The molecule has 2 heterocycles. The quantitative estimate of drug-likeness (QED) is 0.842. The van der Waals surface area contributed by atoms with Crippen LogP contribution in [0.15, 0.2) is 35.2 Å². The van der Waals surface area contributed by atoms with Crippen LogP contribution in [0.2, 0.25) is 0 Å². The normalized spacial score (nSPS) is 10.1. The number of ether oxygens (including phenoxy) is 1. The van der Waals surface area contributed by atoms with Crippen molar-refractivity contribution in [1.29, 1.82) is 0 Å². The molecular weight excluding hydrogens is 236 g/mol. The van der Waals surface area contributed by atoms with Gasteiger partial charge in [-0.15, -0.1) is 0 Å². The predicted octanol–water partition coefficient (Wildman–Crippen LogP) is 2.12. The average Bonchev–Trinajstić information content (AvgIpc) is 2.83. The van der Waals surface area contributed by atoms with Gasteiger partial charge in [-0.25, -0.2) is 9.78 Å². The molecule has 2 rings (SSSR count). The van der Waals surface area contributed by atoms with Crippen molar-refractivity contribution in [2.45, 2.75) is 6.42 Å². The van der Waals surface area contributed by atoms with Gasteiger partial charge >= 0.3 is 5.97 Å². The smallest absolute Gasteiger partial charge is 0.356 e. The first-order chi connectivity index (χ1) is 8.25. The molecule has 17 heavy (non-hydrogen) atoms. The standard InChI is InChI=1S/C12H12N2O2S/c13-10-1-2-11(14-7-10)12(15)16-5-3-9-4-6-17-8-9/h1-2,4,6-8H,3,5,13H2. The van der Waals surface area contributed by atoms with Gasteiger partial charge in [0.05, 0.1) is 18.5 Å². The number of rotatable bonds is 4. The van der Waals surface area contributed by atoms with Gasteiger partial charge in [-0.1, -0.05) is 0 Å². The molecule has 4 nitrogen and oxygen atoms in total. The molecular formula is C12H12N2O2S. The summed E-state index contributed by atoms with van der Waals surface area (Å²) in [5.74, 6) is -0.416. The predicted molar refractivity (Wildman–Crippen MR) is 67.0 cm³/mol. The minimum Gasteiger partial charge on any atom is -0.461 e. The van der Waals surface area contributed by atoms with Gasteiger partial charge in [0.1, 0.15) is 5.69 Å². The molecule has 0 fully saturated rings. The fourth-order valence-electron chi connectivity index (χ4n) is 1.30. The molecule has 0 aliphatic rings. The van der Waals surface area contributed by atoms with Crippen molar-refractivity contribution in [1.82, 2.24) is 4.98 Å². The molecule has 0 amide bonds. The molecule has 5 heteroatoms. The highest BCUT2D eigenvalue weighted by molar-refractivity contribution is 7.07. The van der Waals surface area contributed by atoms with Crippen molar-refractivity contribution >= 4 is 23.0 Å². The highest BCUT2D eigenvalue weighted by Gasteiger charge is 2.08. The van der Waals surface area contributed by atoms with Crippen LogP contribution in [0.3, 0.4) is 0 Å². The lowest BCUT2D eigenvalue weighted by Gasteiger charge is -2.03. The Kier molecular flexibility index (Phi) is 3.72. The number of nitrogen functional groups attached to an aromatic ring is 1. The van der Waals surface area contributed by atoms with E-state index in [0.717, 1.165) is 6.42 Å². The summed E-state index contributed by atoms with van der Waals surface area (Å²) in [6.45, 7) is 0.363. The van der Waals surface area contributed by atoms with E-state index in [1.165, 1.54) is 11.8 Å². The molecule has 0 saturated carbocycles. The number of esters is 1. The number of carbonyl (C=O) groups is 1. The van der Waals surface area contributed by atoms with E-state index in [4.69, 9.17) is 10.5 Å². The lowest BCUT2D eigenvalue weighted by molar-refractivity contribution is 0.0502. The number of thiophene rings is 1. The summed E-state index contributed by atoms with van der Waals surface area (Å²) in [6.07, 6.45) is 2.17. The summed E-state index contributed by atoms with van der Waals surface area (Å²) < 4.78 is 5.10. The summed E-state index contributed by atoms with van der Waals surface area (Å²) in [4.78, 5) is 15.5. The zero-order chi connectivity index (χ0) is 12.1. The van der Waals surface area contributed by atoms with E-state index in [9.17, 15) is 4.79 Å². The number of pyridine rings is 1. The van der Waals surface area contributed by atoms with Crippen LogP contribution in [0.1, 0.15) is 16.1 Å². The van der Waals surface area contributed by atoms with E-state index >= 15 is 0 Å². The molecule has 2 N–H and O–H groups in total. The Hall–Kier alpha value is -1.88. The van der Waals surface area contributed by atoms with Gasteiger partial charge in [-0.2, -0.15) is 11.3 Å². The SMILES string of the molecule is Nc1ccc(C(=O)OCCc2ccsc2)nc1. The van der Waals surface area contributed by atoms with E-state index in [2.05, 4.69) is 4.98 Å². The lowest BCUT2D eigenvalue weighted by Crippen LogP contribution is -2.09. The maximum absolute atomic E-state index is 11.6. The monoisotopic (exact) mass is 248 g/mol. The van der Waals surface area contributed by atoms with Gasteiger partial charge < -0.3 is 10.5 Å². The maximum atomic E-state index is 11.6. The summed E-state index contributed by atoms with van der Waals surface area (Å²) >= 11 is 1.63. The fourth-order valence-corrected chi connectivity index (χ4v) is 2.00. The van der Waals surface area contributed by atoms with Crippen LogP contribution in [0.25, 0.3) is 0 Å². The summed E-state index contributed by atoms with van der Waals surface area (Å²) in [5, 5.41) is 4.04. The number of carbonyl (C=O) groups excluding carboxylic acids is 1. The summed E-state index contributed by atoms with van der Waals surface area (Å²) in [6, 6.07) is 5.20. The van der Waals surface area contributed by atoms with E-state index in [0.29, 0.717) is 12.3 Å². The number of hydrogen-bond donors (Lipinski definition) is 1. The van der Waals surface area contributed by atoms with E-state index in [1.807, 2.05) is 16.8 Å². The molecule has 0 aromatic carbocycles. The summed E-state index contributed by atoms with van der Waals surface area (Å²) in [5.41, 5.74) is 7.46. The second kappa shape index (κ2) is 5.45. The maximum Gasteiger partial charge on any atom is 0.356 e. The molecule has 2 aromatic rings. The third kappa shape index (κ3) is 3.29. The molecule has 0 aliphatic heterocycles. The van der Waals surface area contributed by atoms with Crippen LogP contribution in [-0.4, -0.2) is 17.6 Å². The highest BCUT2D eigenvalue weighted by atomic mass is 32.1. The third-order valence-electron chi connectivity index (χ3n) is 2.20. The Morgan fingerprint density at radius 2 is 2.29 bits per heavy atom. The number of hydrogen-bond acceptors (Lipinski definition) is 5. The van der Waals surface area contributed by atoms with Crippen molar-refractivity contribution in [2.75, 3.05) is 12.3 Å². The van der Waals surface area contributed by atoms with Crippen molar-refractivity contribution < 1.29 is 9.53 Å². The fraction of sp³-hybridized carbons (Fsp3) is 0.167. The van der Waals surface area contributed by atoms with Gasteiger partial charge in [-0.3, -0.25) is 0 Å².